The van der Waals surface area contributed by atoms with Crippen molar-refractivity contribution in [2.45, 2.75) is 25.7 Å². The van der Waals surface area contributed by atoms with Gasteiger partial charge in [0.1, 0.15) is 0 Å². The Bertz CT molecular complexity index is 343. The van der Waals surface area contributed by atoms with E-state index in [2.05, 4.69) is 37.5 Å². The summed E-state index contributed by atoms with van der Waals surface area (Å²) in [7, 11) is 0. The summed E-state index contributed by atoms with van der Waals surface area (Å²) >= 11 is 1.72. The van der Waals surface area contributed by atoms with Crippen LogP contribution >= 0.6 is 11.8 Å². The van der Waals surface area contributed by atoms with Crippen molar-refractivity contribution in [3.63, 3.8) is 0 Å². The molecule has 0 radical (unpaired) electrons. The number of aryl methyl sites for hydroxylation is 1. The molecule has 0 aliphatic carbocycles. The summed E-state index contributed by atoms with van der Waals surface area (Å²) < 4.78 is 0. The largest absolute Gasteiger partial charge is 0.264 e. The van der Waals surface area contributed by atoms with Crippen molar-refractivity contribution >= 4 is 30.2 Å². The lowest BCUT2D eigenvalue weighted by Gasteiger charge is -2.06. The number of aliphatic imine (C=N–C) groups is 1. The van der Waals surface area contributed by atoms with Gasteiger partial charge in [0.15, 0.2) is 0 Å². The number of rotatable bonds is 3. The summed E-state index contributed by atoms with van der Waals surface area (Å²) in [6.45, 7) is 13.4. The Morgan fingerprint density at radius 1 is 1.33 bits per heavy atom. The first-order chi connectivity index (χ1) is 7.22. The molecule has 0 aromatic heterocycles. The highest BCUT2D eigenvalue weighted by Gasteiger charge is 2.02. The molecule has 15 heavy (non-hydrogen) atoms. The monoisotopic (exact) mass is 221 g/mol. The summed E-state index contributed by atoms with van der Waals surface area (Å²) in [5.41, 5.74) is 3.21. The van der Waals surface area contributed by atoms with E-state index in [1.165, 1.54) is 10.5 Å². The van der Waals surface area contributed by atoms with Gasteiger partial charge in [-0.1, -0.05) is 26.5 Å². The molecule has 1 rings (SSSR count). The molecule has 0 bridgehead atoms. The van der Waals surface area contributed by atoms with E-state index in [0.717, 1.165) is 11.3 Å². The lowest BCUT2D eigenvalue weighted by molar-refractivity contribution is 1.29. The van der Waals surface area contributed by atoms with Crippen molar-refractivity contribution in [2.24, 2.45) is 4.99 Å². The molecule has 0 saturated carbocycles. The predicted molar refractivity (Wildman–Crippen MR) is 73.6 cm³/mol. The molecule has 0 aliphatic heterocycles. The maximum absolute atomic E-state index is 3.96. The van der Waals surface area contributed by atoms with Gasteiger partial charge in [0.2, 0.25) is 0 Å². The first-order valence-electron chi connectivity index (χ1n) is 5.00. The number of nitrogens with zero attached hydrogens (tertiary/aromatic N) is 1. The van der Waals surface area contributed by atoms with Crippen LogP contribution in [0.25, 0.3) is 6.08 Å². The van der Waals surface area contributed by atoms with E-state index in [0.29, 0.717) is 0 Å². The Morgan fingerprint density at radius 2 is 1.93 bits per heavy atom. The van der Waals surface area contributed by atoms with Crippen LogP contribution < -0.4 is 0 Å². The lowest BCUT2D eigenvalue weighted by atomic mass is 10.1. The molecule has 0 saturated heterocycles. The number of thioether (sulfide) groups is 1. The molecule has 1 nitrogen and oxygen atoms in total. The highest BCUT2D eigenvalue weighted by Crippen LogP contribution is 2.29. The summed E-state index contributed by atoms with van der Waals surface area (Å²) in [6.07, 6.45) is 3.86. The number of hydrogen-bond acceptors (Lipinski definition) is 2. The Labute approximate surface area is 97.3 Å². The average Bonchev–Trinajstić information content (AvgIpc) is 2.31. The van der Waals surface area contributed by atoms with E-state index in [4.69, 9.17) is 0 Å². The van der Waals surface area contributed by atoms with Gasteiger partial charge < -0.3 is 0 Å². The van der Waals surface area contributed by atoms with Gasteiger partial charge in [-0.3, -0.25) is 4.99 Å². The fraction of sp³-hybridized carbons (Fsp3) is 0.308. The quantitative estimate of drug-likeness (QED) is 0.531. The topological polar surface area (TPSA) is 12.4 Å². The van der Waals surface area contributed by atoms with E-state index < -0.39 is 0 Å². The Balaban J connectivity index is 0.000000921. The third kappa shape index (κ3) is 3.56. The second-order valence-corrected chi connectivity index (χ2v) is 3.59. The molecular weight excluding hydrogens is 202 g/mol. The zero-order valence-corrected chi connectivity index (χ0v) is 10.8. The van der Waals surface area contributed by atoms with Gasteiger partial charge in [-0.05, 0) is 43.2 Å². The summed E-state index contributed by atoms with van der Waals surface area (Å²) in [5, 5.41) is 0. The minimum atomic E-state index is 0.907. The van der Waals surface area contributed by atoms with Crippen molar-refractivity contribution in [3.05, 3.63) is 29.8 Å². The highest BCUT2D eigenvalue weighted by molar-refractivity contribution is 7.98. The second kappa shape index (κ2) is 7.30. The van der Waals surface area contributed by atoms with Crippen molar-refractivity contribution in [3.8, 4) is 0 Å². The molecule has 0 amide bonds. The first kappa shape index (κ1) is 14.0. The van der Waals surface area contributed by atoms with Gasteiger partial charge in [-0.2, -0.15) is 0 Å². The van der Waals surface area contributed by atoms with Crippen molar-refractivity contribution < 1.29 is 0 Å². The smallest absolute Gasteiger partial charge is 0.0705 e. The Morgan fingerprint density at radius 3 is 2.33 bits per heavy atom. The molecule has 0 aliphatic rings. The zero-order valence-electron chi connectivity index (χ0n) is 10.0. The predicted octanol–water partition coefficient (Wildman–Crippen LogP) is 4.72. The third-order valence-electron chi connectivity index (χ3n) is 1.93. The molecule has 0 unspecified atom stereocenters. The van der Waals surface area contributed by atoms with Gasteiger partial charge in [-0.25, -0.2) is 0 Å². The van der Waals surface area contributed by atoms with E-state index in [9.17, 15) is 0 Å². The molecule has 82 valence electrons. The van der Waals surface area contributed by atoms with Crippen LogP contribution in [0.1, 0.15) is 25.0 Å². The minimum Gasteiger partial charge on any atom is -0.264 e. The molecular formula is C13H19NS. The summed E-state index contributed by atoms with van der Waals surface area (Å²) in [6, 6.07) is 4.13. The van der Waals surface area contributed by atoms with Gasteiger partial charge >= 0.3 is 0 Å². The maximum atomic E-state index is 3.96. The maximum Gasteiger partial charge on any atom is 0.0705 e. The number of hydrogen-bond donors (Lipinski definition) is 0. The average molecular weight is 221 g/mol. The van der Waals surface area contributed by atoms with Crippen LogP contribution in [0.15, 0.2) is 28.6 Å². The Kier molecular flexibility index (Phi) is 6.80. The van der Waals surface area contributed by atoms with Crippen molar-refractivity contribution in [1.82, 2.24) is 0 Å². The molecule has 1 aromatic carbocycles. The van der Waals surface area contributed by atoms with Crippen LogP contribution in [0.5, 0.6) is 0 Å². The van der Waals surface area contributed by atoms with Crippen LogP contribution in [0.2, 0.25) is 0 Å². The van der Waals surface area contributed by atoms with Crippen LogP contribution in [-0.2, 0) is 0 Å². The molecule has 1 aromatic rings. The van der Waals surface area contributed by atoms with Crippen LogP contribution in [0, 0.1) is 6.92 Å². The van der Waals surface area contributed by atoms with Gasteiger partial charge in [-0.15, -0.1) is 11.8 Å². The molecule has 0 N–H and O–H groups in total. The highest BCUT2D eigenvalue weighted by atomic mass is 32.2. The fourth-order valence-corrected chi connectivity index (χ4v) is 1.83. The lowest BCUT2D eigenvalue weighted by Crippen LogP contribution is -1.82. The van der Waals surface area contributed by atoms with Crippen molar-refractivity contribution in [1.29, 1.82) is 0 Å². The van der Waals surface area contributed by atoms with E-state index >= 15 is 0 Å². The van der Waals surface area contributed by atoms with Gasteiger partial charge in [0, 0.05) is 4.90 Å². The Hall–Kier alpha value is -1.02. The van der Waals surface area contributed by atoms with E-state index in [-0.39, 0.29) is 0 Å². The van der Waals surface area contributed by atoms with Crippen LogP contribution in [0.3, 0.4) is 0 Å². The fourth-order valence-electron chi connectivity index (χ4n) is 1.22. The number of benzene rings is 1. The van der Waals surface area contributed by atoms with Gasteiger partial charge in [0.25, 0.3) is 0 Å². The van der Waals surface area contributed by atoms with Crippen LogP contribution in [-0.4, -0.2) is 13.0 Å². The second-order valence-electron chi connectivity index (χ2n) is 2.74. The SMILES string of the molecule is C=Cc1cc(C)c(SC)cc1N=C.CC. The van der Waals surface area contributed by atoms with E-state index in [1.54, 1.807) is 17.8 Å². The molecule has 0 spiro atoms. The third-order valence-corrected chi connectivity index (χ3v) is 2.81. The van der Waals surface area contributed by atoms with E-state index in [1.807, 2.05) is 19.9 Å². The molecule has 0 atom stereocenters. The van der Waals surface area contributed by atoms with Crippen LogP contribution in [0.4, 0.5) is 5.69 Å². The molecule has 2 heteroatoms. The standard InChI is InChI=1S/C11H13NS.C2H6/c1-5-9-6-8(2)11(13-4)7-10(9)12-3;1-2/h5-7H,1,3H2,2,4H3;1-2H3. The first-order valence-corrected chi connectivity index (χ1v) is 6.23. The normalized spacial score (nSPS) is 8.80. The van der Waals surface area contributed by atoms with Crippen molar-refractivity contribution in [2.75, 3.05) is 6.26 Å². The molecule has 0 heterocycles. The minimum absolute atomic E-state index is 0.907. The molecule has 0 fully saturated rings. The van der Waals surface area contributed by atoms with Gasteiger partial charge in [0.05, 0.1) is 5.69 Å². The zero-order chi connectivity index (χ0) is 11.8. The summed E-state index contributed by atoms with van der Waals surface area (Å²) in [4.78, 5) is 5.20. The summed E-state index contributed by atoms with van der Waals surface area (Å²) in [5.74, 6) is 0.